The average molecular weight is 238 g/mol. The molecule has 3 heterocycles. The highest BCUT2D eigenvalue weighted by molar-refractivity contribution is 5.87. The summed E-state index contributed by atoms with van der Waals surface area (Å²) in [5, 5.41) is 13.3. The van der Waals surface area contributed by atoms with Gasteiger partial charge in [0.15, 0.2) is 5.69 Å². The van der Waals surface area contributed by atoms with Crippen LogP contribution < -0.4 is 0 Å². The minimum absolute atomic E-state index is 0.143. The number of carbonyl (C=O) groups is 1. The van der Waals surface area contributed by atoms with Crippen LogP contribution in [0.4, 0.5) is 0 Å². The SMILES string of the molecule is O=C(O)c1nn(C2CCOCC2)c2c1COC2. The molecule has 0 bridgehead atoms. The topological polar surface area (TPSA) is 73.6 Å². The van der Waals surface area contributed by atoms with Gasteiger partial charge in [-0.1, -0.05) is 0 Å². The van der Waals surface area contributed by atoms with Gasteiger partial charge in [0.05, 0.1) is 24.9 Å². The first kappa shape index (κ1) is 10.7. The average Bonchev–Trinajstić information content (AvgIpc) is 2.90. The zero-order valence-electron chi connectivity index (χ0n) is 9.39. The van der Waals surface area contributed by atoms with Crippen molar-refractivity contribution >= 4 is 5.97 Å². The van der Waals surface area contributed by atoms with Crippen molar-refractivity contribution in [2.75, 3.05) is 13.2 Å². The number of hydrogen-bond donors (Lipinski definition) is 1. The second kappa shape index (κ2) is 4.12. The highest BCUT2D eigenvalue weighted by atomic mass is 16.5. The summed E-state index contributed by atoms with van der Waals surface area (Å²) in [6.45, 7) is 2.25. The van der Waals surface area contributed by atoms with Gasteiger partial charge in [-0.3, -0.25) is 4.68 Å². The Kier molecular flexibility index (Phi) is 2.60. The maximum Gasteiger partial charge on any atom is 0.356 e. The fraction of sp³-hybridized carbons (Fsp3) is 0.636. The smallest absolute Gasteiger partial charge is 0.356 e. The molecule has 0 saturated carbocycles. The summed E-state index contributed by atoms with van der Waals surface area (Å²) in [7, 11) is 0. The molecule has 3 rings (SSSR count). The van der Waals surface area contributed by atoms with Crippen LogP contribution in [0.2, 0.25) is 0 Å². The third-order valence-electron chi connectivity index (χ3n) is 3.34. The van der Waals surface area contributed by atoms with E-state index in [2.05, 4.69) is 5.10 Å². The van der Waals surface area contributed by atoms with E-state index in [9.17, 15) is 4.79 Å². The molecule has 1 fully saturated rings. The Hall–Kier alpha value is -1.40. The van der Waals surface area contributed by atoms with Gasteiger partial charge >= 0.3 is 5.97 Å². The van der Waals surface area contributed by atoms with E-state index in [-0.39, 0.29) is 11.7 Å². The number of fused-ring (bicyclic) bond motifs is 1. The van der Waals surface area contributed by atoms with Crippen LogP contribution in [0, 0.1) is 0 Å². The molecule has 0 amide bonds. The summed E-state index contributed by atoms with van der Waals surface area (Å²) in [4.78, 5) is 11.1. The molecule has 0 atom stereocenters. The van der Waals surface area contributed by atoms with E-state index in [0.29, 0.717) is 26.4 Å². The van der Waals surface area contributed by atoms with Crippen LogP contribution in [0.25, 0.3) is 0 Å². The van der Waals surface area contributed by atoms with E-state index in [0.717, 1.165) is 24.1 Å². The van der Waals surface area contributed by atoms with Crippen LogP contribution in [0.15, 0.2) is 0 Å². The van der Waals surface area contributed by atoms with Gasteiger partial charge < -0.3 is 14.6 Å². The minimum Gasteiger partial charge on any atom is -0.476 e. The fourth-order valence-corrected chi connectivity index (χ4v) is 2.46. The van der Waals surface area contributed by atoms with Crippen LogP contribution in [0.5, 0.6) is 0 Å². The Morgan fingerprint density at radius 3 is 2.76 bits per heavy atom. The molecule has 6 heteroatoms. The third kappa shape index (κ3) is 1.73. The Bertz CT molecular complexity index is 449. The largest absolute Gasteiger partial charge is 0.476 e. The molecule has 0 radical (unpaired) electrons. The lowest BCUT2D eigenvalue weighted by Crippen LogP contribution is -2.22. The lowest BCUT2D eigenvalue weighted by molar-refractivity contribution is 0.0607. The van der Waals surface area contributed by atoms with Gasteiger partial charge in [-0.15, -0.1) is 0 Å². The summed E-state index contributed by atoms with van der Waals surface area (Å²) in [6, 6.07) is 0.243. The van der Waals surface area contributed by atoms with Gasteiger partial charge in [-0.05, 0) is 12.8 Å². The van der Waals surface area contributed by atoms with Crippen molar-refractivity contribution < 1.29 is 19.4 Å². The van der Waals surface area contributed by atoms with E-state index in [1.165, 1.54) is 0 Å². The van der Waals surface area contributed by atoms with Crippen LogP contribution in [0.3, 0.4) is 0 Å². The number of aromatic nitrogens is 2. The number of ether oxygens (including phenoxy) is 2. The Morgan fingerprint density at radius 1 is 1.29 bits per heavy atom. The van der Waals surface area contributed by atoms with Gasteiger partial charge in [0.1, 0.15) is 0 Å². The number of aromatic carboxylic acids is 1. The van der Waals surface area contributed by atoms with Crippen molar-refractivity contribution in [3.8, 4) is 0 Å². The molecule has 1 aromatic heterocycles. The summed E-state index contributed by atoms with van der Waals surface area (Å²) in [5.74, 6) is -0.974. The van der Waals surface area contributed by atoms with Crippen molar-refractivity contribution in [3.63, 3.8) is 0 Å². The quantitative estimate of drug-likeness (QED) is 0.830. The van der Waals surface area contributed by atoms with E-state index >= 15 is 0 Å². The van der Waals surface area contributed by atoms with Crippen molar-refractivity contribution in [1.29, 1.82) is 0 Å². The molecule has 2 aliphatic heterocycles. The standard InChI is InChI=1S/C11H14N2O4/c14-11(15)10-8-5-17-6-9(8)13(12-10)7-1-3-16-4-2-7/h7H,1-6H2,(H,14,15). The molecule has 0 spiro atoms. The Morgan fingerprint density at radius 2 is 2.06 bits per heavy atom. The summed E-state index contributed by atoms with van der Waals surface area (Å²) >= 11 is 0. The third-order valence-corrected chi connectivity index (χ3v) is 3.34. The molecule has 1 aromatic rings. The summed E-state index contributed by atoms with van der Waals surface area (Å²) in [5.41, 5.74) is 1.81. The van der Waals surface area contributed by atoms with Crippen LogP contribution in [-0.2, 0) is 22.7 Å². The van der Waals surface area contributed by atoms with E-state index in [1.54, 1.807) is 0 Å². The van der Waals surface area contributed by atoms with E-state index in [1.807, 2.05) is 4.68 Å². The zero-order valence-corrected chi connectivity index (χ0v) is 9.39. The number of carboxylic acids is 1. The second-order valence-corrected chi connectivity index (χ2v) is 4.36. The maximum absolute atomic E-state index is 11.1. The minimum atomic E-state index is -0.974. The number of rotatable bonds is 2. The van der Waals surface area contributed by atoms with Gasteiger partial charge in [0.25, 0.3) is 0 Å². The predicted octanol–water partition coefficient (Wildman–Crippen LogP) is 0.963. The molecule has 17 heavy (non-hydrogen) atoms. The molecular formula is C11H14N2O4. The maximum atomic E-state index is 11.1. The van der Waals surface area contributed by atoms with Crippen molar-refractivity contribution in [1.82, 2.24) is 9.78 Å². The summed E-state index contributed by atoms with van der Waals surface area (Å²) in [6.07, 6.45) is 1.76. The normalized spacial score (nSPS) is 20.5. The number of nitrogens with zero attached hydrogens (tertiary/aromatic N) is 2. The highest BCUT2D eigenvalue weighted by Crippen LogP contribution is 2.29. The lowest BCUT2D eigenvalue weighted by Gasteiger charge is -2.23. The zero-order chi connectivity index (χ0) is 11.8. The molecular weight excluding hydrogens is 224 g/mol. The number of carboxylic acid groups (broad SMARTS) is 1. The highest BCUT2D eigenvalue weighted by Gasteiger charge is 2.30. The summed E-state index contributed by atoms with van der Waals surface area (Å²) < 4.78 is 12.5. The van der Waals surface area contributed by atoms with Crippen molar-refractivity contribution in [2.24, 2.45) is 0 Å². The predicted molar refractivity (Wildman–Crippen MR) is 56.8 cm³/mol. The van der Waals surface area contributed by atoms with Crippen LogP contribution in [0.1, 0.15) is 40.6 Å². The van der Waals surface area contributed by atoms with Crippen LogP contribution in [-0.4, -0.2) is 34.1 Å². The number of hydrogen-bond acceptors (Lipinski definition) is 4. The monoisotopic (exact) mass is 238 g/mol. The van der Waals surface area contributed by atoms with Crippen LogP contribution >= 0.6 is 0 Å². The molecule has 0 aliphatic carbocycles. The fourth-order valence-electron chi connectivity index (χ4n) is 2.46. The van der Waals surface area contributed by atoms with Crippen molar-refractivity contribution in [2.45, 2.75) is 32.1 Å². The first-order valence-corrected chi connectivity index (χ1v) is 5.76. The molecule has 1 N–H and O–H groups in total. The van der Waals surface area contributed by atoms with Gasteiger partial charge in [0.2, 0.25) is 0 Å². The van der Waals surface area contributed by atoms with Crippen molar-refractivity contribution in [3.05, 3.63) is 17.0 Å². The Balaban J connectivity index is 1.99. The van der Waals surface area contributed by atoms with E-state index < -0.39 is 5.97 Å². The molecule has 0 aromatic carbocycles. The molecule has 0 unspecified atom stereocenters. The van der Waals surface area contributed by atoms with E-state index in [4.69, 9.17) is 14.6 Å². The van der Waals surface area contributed by atoms with Gasteiger partial charge in [-0.25, -0.2) is 4.79 Å². The first-order chi connectivity index (χ1) is 8.27. The molecule has 92 valence electrons. The van der Waals surface area contributed by atoms with Gasteiger partial charge in [0, 0.05) is 18.8 Å². The molecule has 2 aliphatic rings. The second-order valence-electron chi connectivity index (χ2n) is 4.36. The molecule has 6 nitrogen and oxygen atoms in total. The lowest BCUT2D eigenvalue weighted by atomic mass is 10.1. The van der Waals surface area contributed by atoms with Gasteiger partial charge in [-0.2, -0.15) is 5.10 Å². The molecule has 1 saturated heterocycles. The Labute approximate surface area is 98.1 Å². The first-order valence-electron chi connectivity index (χ1n) is 5.76.